The highest BCUT2D eigenvalue weighted by Gasteiger charge is 2.16. The van der Waals surface area contributed by atoms with E-state index in [1.165, 1.54) is 0 Å². The van der Waals surface area contributed by atoms with Crippen LogP contribution in [0.2, 0.25) is 0 Å². The van der Waals surface area contributed by atoms with Gasteiger partial charge in [-0.25, -0.2) is 0 Å². The van der Waals surface area contributed by atoms with E-state index in [0.717, 1.165) is 5.56 Å². The Hall–Kier alpha value is -2.75. The van der Waals surface area contributed by atoms with Crippen LogP contribution in [-0.4, -0.2) is 21.0 Å². The minimum atomic E-state index is 0.0330. The van der Waals surface area contributed by atoms with Crippen LogP contribution in [0.4, 0.5) is 0 Å². The van der Waals surface area contributed by atoms with E-state index in [-0.39, 0.29) is 5.78 Å². The van der Waals surface area contributed by atoms with E-state index in [1.54, 1.807) is 12.4 Å². The largest absolute Gasteiger partial charge is 0.294 e. The number of aromatic nitrogens is 3. The first-order chi connectivity index (χ1) is 9.84. The lowest BCUT2D eigenvalue weighted by Gasteiger charge is -2.02. The van der Waals surface area contributed by atoms with Gasteiger partial charge in [-0.1, -0.05) is 36.4 Å². The topological polar surface area (TPSA) is 58.6 Å². The first-order valence-electron chi connectivity index (χ1n) is 6.37. The predicted octanol–water partition coefficient (Wildman–Crippen LogP) is 2.90. The van der Waals surface area contributed by atoms with Gasteiger partial charge in [0.05, 0.1) is 11.3 Å². The molecule has 0 spiro atoms. The van der Waals surface area contributed by atoms with E-state index in [2.05, 4.69) is 15.2 Å². The fraction of sp³-hybridized carbons (Fsp3) is 0.0625. The third-order valence-electron chi connectivity index (χ3n) is 3.06. The number of carbonyl (C=O) groups is 1. The molecule has 2 heterocycles. The fourth-order valence-corrected chi connectivity index (χ4v) is 2.08. The maximum absolute atomic E-state index is 12.4. The Morgan fingerprint density at radius 1 is 1.05 bits per heavy atom. The highest BCUT2D eigenvalue weighted by atomic mass is 16.1. The molecular weight excluding hydrogens is 250 g/mol. The van der Waals surface area contributed by atoms with Crippen LogP contribution < -0.4 is 0 Å². The number of Topliss-reactive ketones (excluding diaryl/α,β-unsaturated/α-hetero) is 1. The van der Waals surface area contributed by atoms with Crippen molar-refractivity contribution in [2.75, 3.05) is 0 Å². The van der Waals surface area contributed by atoms with Crippen molar-refractivity contribution in [3.63, 3.8) is 0 Å². The van der Waals surface area contributed by atoms with Gasteiger partial charge in [-0.05, 0) is 17.7 Å². The number of pyridine rings is 1. The van der Waals surface area contributed by atoms with Crippen LogP contribution in [-0.2, 0) is 6.42 Å². The molecule has 2 aromatic heterocycles. The minimum absolute atomic E-state index is 0.0330. The Labute approximate surface area is 116 Å². The van der Waals surface area contributed by atoms with Crippen LogP contribution in [0.25, 0.3) is 11.4 Å². The van der Waals surface area contributed by atoms with Gasteiger partial charge in [-0.3, -0.25) is 14.9 Å². The van der Waals surface area contributed by atoms with Crippen molar-refractivity contribution in [3.8, 4) is 11.4 Å². The first-order valence-corrected chi connectivity index (χ1v) is 6.37. The zero-order valence-corrected chi connectivity index (χ0v) is 10.8. The molecule has 0 fully saturated rings. The zero-order valence-electron chi connectivity index (χ0n) is 10.8. The second-order valence-corrected chi connectivity index (χ2v) is 4.45. The van der Waals surface area contributed by atoms with Gasteiger partial charge in [0.15, 0.2) is 5.78 Å². The number of H-pyrrole nitrogens is 1. The van der Waals surface area contributed by atoms with Gasteiger partial charge >= 0.3 is 0 Å². The molecule has 0 aliphatic rings. The summed E-state index contributed by atoms with van der Waals surface area (Å²) in [6.45, 7) is 0. The lowest BCUT2D eigenvalue weighted by Crippen LogP contribution is -2.04. The molecule has 4 nitrogen and oxygen atoms in total. The molecule has 0 unspecified atom stereocenters. The van der Waals surface area contributed by atoms with Crippen molar-refractivity contribution in [2.24, 2.45) is 0 Å². The zero-order chi connectivity index (χ0) is 13.8. The molecule has 20 heavy (non-hydrogen) atoms. The van der Waals surface area contributed by atoms with E-state index < -0.39 is 0 Å². The summed E-state index contributed by atoms with van der Waals surface area (Å²) in [5.74, 6) is 0.0330. The summed E-state index contributed by atoms with van der Waals surface area (Å²) in [4.78, 5) is 16.6. The van der Waals surface area contributed by atoms with Gasteiger partial charge in [-0.2, -0.15) is 5.10 Å². The molecule has 98 valence electrons. The van der Waals surface area contributed by atoms with Gasteiger partial charge < -0.3 is 0 Å². The van der Waals surface area contributed by atoms with Crippen LogP contribution in [0.3, 0.4) is 0 Å². The van der Waals surface area contributed by atoms with Gasteiger partial charge in [0, 0.05) is 18.8 Å². The Morgan fingerprint density at radius 2 is 1.85 bits per heavy atom. The number of nitrogens with one attached hydrogen (secondary N) is 1. The number of benzene rings is 1. The molecule has 4 heteroatoms. The highest BCUT2D eigenvalue weighted by Crippen LogP contribution is 2.20. The van der Waals surface area contributed by atoms with Crippen molar-refractivity contribution in [1.29, 1.82) is 0 Å². The summed E-state index contributed by atoms with van der Waals surface area (Å²) in [6, 6.07) is 15.2. The van der Waals surface area contributed by atoms with Crippen molar-refractivity contribution >= 4 is 5.78 Å². The number of ketones is 1. The van der Waals surface area contributed by atoms with Crippen LogP contribution in [0.1, 0.15) is 15.9 Å². The summed E-state index contributed by atoms with van der Waals surface area (Å²) in [5, 5.41) is 6.89. The third kappa shape index (κ3) is 2.49. The number of hydrogen-bond acceptors (Lipinski definition) is 3. The molecule has 0 atom stereocenters. The summed E-state index contributed by atoms with van der Waals surface area (Å²) >= 11 is 0. The summed E-state index contributed by atoms with van der Waals surface area (Å²) < 4.78 is 0. The fourth-order valence-electron chi connectivity index (χ4n) is 2.08. The second kappa shape index (κ2) is 5.48. The standard InChI is InChI=1S/C16H13N3O/c20-15(10-12-6-2-1-3-7-12)13-11-18-19-16(13)14-8-4-5-9-17-14/h1-9,11H,10H2,(H,18,19). The normalized spacial score (nSPS) is 10.4. The monoisotopic (exact) mass is 263 g/mol. The lowest BCUT2D eigenvalue weighted by atomic mass is 10.0. The average molecular weight is 263 g/mol. The lowest BCUT2D eigenvalue weighted by molar-refractivity contribution is 0.0993. The molecule has 0 radical (unpaired) electrons. The molecular formula is C16H13N3O. The van der Waals surface area contributed by atoms with Crippen molar-refractivity contribution in [2.45, 2.75) is 6.42 Å². The smallest absolute Gasteiger partial charge is 0.171 e. The van der Waals surface area contributed by atoms with Crippen LogP contribution in [0.15, 0.2) is 60.9 Å². The average Bonchev–Trinajstić information content (AvgIpc) is 2.99. The summed E-state index contributed by atoms with van der Waals surface area (Å²) in [7, 11) is 0. The van der Waals surface area contributed by atoms with Gasteiger partial charge in [-0.15, -0.1) is 0 Å². The third-order valence-corrected chi connectivity index (χ3v) is 3.06. The maximum Gasteiger partial charge on any atom is 0.171 e. The summed E-state index contributed by atoms with van der Waals surface area (Å²) in [6.07, 6.45) is 3.69. The molecule has 1 N–H and O–H groups in total. The molecule has 3 aromatic rings. The van der Waals surface area contributed by atoms with E-state index >= 15 is 0 Å². The molecule has 0 saturated carbocycles. The van der Waals surface area contributed by atoms with E-state index in [4.69, 9.17) is 0 Å². The van der Waals surface area contributed by atoms with Gasteiger partial charge in [0.2, 0.25) is 0 Å². The van der Waals surface area contributed by atoms with Crippen LogP contribution >= 0.6 is 0 Å². The SMILES string of the molecule is O=C(Cc1ccccc1)c1c[nH]nc1-c1ccccn1. The second-order valence-electron chi connectivity index (χ2n) is 4.45. The quantitative estimate of drug-likeness (QED) is 0.736. The van der Waals surface area contributed by atoms with E-state index in [0.29, 0.717) is 23.4 Å². The Morgan fingerprint density at radius 3 is 2.60 bits per heavy atom. The molecule has 1 aromatic carbocycles. The van der Waals surface area contributed by atoms with Crippen molar-refractivity contribution in [1.82, 2.24) is 15.2 Å². The minimum Gasteiger partial charge on any atom is -0.294 e. The highest BCUT2D eigenvalue weighted by molar-refractivity contribution is 6.02. The van der Waals surface area contributed by atoms with E-state index in [9.17, 15) is 4.79 Å². The van der Waals surface area contributed by atoms with Crippen LogP contribution in [0.5, 0.6) is 0 Å². The molecule has 0 bridgehead atoms. The first kappa shape index (κ1) is 12.3. The Balaban J connectivity index is 1.88. The van der Waals surface area contributed by atoms with Gasteiger partial charge in [0.25, 0.3) is 0 Å². The number of hydrogen-bond donors (Lipinski definition) is 1. The maximum atomic E-state index is 12.4. The number of rotatable bonds is 4. The van der Waals surface area contributed by atoms with E-state index in [1.807, 2.05) is 48.5 Å². The van der Waals surface area contributed by atoms with Gasteiger partial charge in [0.1, 0.15) is 5.69 Å². The predicted molar refractivity (Wildman–Crippen MR) is 76.3 cm³/mol. The van der Waals surface area contributed by atoms with Crippen molar-refractivity contribution in [3.05, 3.63) is 72.1 Å². The molecule has 3 rings (SSSR count). The number of carbonyl (C=O) groups excluding carboxylic acids is 1. The molecule has 0 aliphatic carbocycles. The summed E-state index contributed by atoms with van der Waals surface area (Å²) in [5.41, 5.74) is 2.87. The number of nitrogens with zero attached hydrogens (tertiary/aromatic N) is 2. The molecule has 0 amide bonds. The Kier molecular flexibility index (Phi) is 3.37. The Bertz CT molecular complexity index is 705. The molecule has 0 saturated heterocycles. The number of aromatic amines is 1. The van der Waals surface area contributed by atoms with Crippen molar-refractivity contribution < 1.29 is 4.79 Å². The molecule has 0 aliphatic heterocycles. The van der Waals surface area contributed by atoms with Crippen LogP contribution in [0, 0.1) is 0 Å².